The molecule has 2 rings (SSSR count). The highest BCUT2D eigenvalue weighted by molar-refractivity contribution is 7.99. The van der Waals surface area contributed by atoms with E-state index in [9.17, 15) is 4.79 Å². The first-order valence-electron chi connectivity index (χ1n) is 7.93. The minimum absolute atomic E-state index is 0. The summed E-state index contributed by atoms with van der Waals surface area (Å²) in [5, 5.41) is 0. The van der Waals surface area contributed by atoms with Crippen molar-refractivity contribution in [3.05, 3.63) is 42.3 Å². The average molecular weight is 384 g/mol. The molecule has 0 bridgehead atoms. The molecule has 2 N–H and O–H groups in total. The highest BCUT2D eigenvalue weighted by Gasteiger charge is 2.21. The van der Waals surface area contributed by atoms with E-state index in [4.69, 9.17) is 10.2 Å². The van der Waals surface area contributed by atoms with Gasteiger partial charge in [0.1, 0.15) is 6.26 Å². The Balaban J connectivity index is 0.00000312. The predicted molar refractivity (Wildman–Crippen MR) is 106 cm³/mol. The summed E-state index contributed by atoms with van der Waals surface area (Å²) >= 11 is 1.54. The van der Waals surface area contributed by atoms with Gasteiger partial charge in [0.15, 0.2) is 0 Å². The molecule has 0 spiro atoms. The predicted octanol–water partition coefficient (Wildman–Crippen LogP) is 3.44. The van der Waals surface area contributed by atoms with Crippen LogP contribution in [0.4, 0.5) is 0 Å². The Labute approximate surface area is 159 Å². The quantitative estimate of drug-likeness (QED) is 0.755. The van der Waals surface area contributed by atoms with Crippen LogP contribution in [0, 0.1) is 5.41 Å². The van der Waals surface area contributed by atoms with Crippen LogP contribution in [0.2, 0.25) is 0 Å². The third-order valence-electron chi connectivity index (χ3n) is 3.69. The van der Waals surface area contributed by atoms with Crippen LogP contribution < -0.4 is 5.73 Å². The van der Waals surface area contributed by atoms with E-state index in [1.54, 1.807) is 11.2 Å². The highest BCUT2D eigenvalue weighted by Crippen LogP contribution is 2.21. The van der Waals surface area contributed by atoms with E-state index in [-0.39, 0.29) is 23.7 Å². The van der Waals surface area contributed by atoms with Gasteiger partial charge in [-0.1, -0.05) is 32.0 Å². The SMILES string of the molecule is CN(CC(C)(C)CN)C(=O)CSCc1coc(-c2ccccc2)n1.Cl. The smallest absolute Gasteiger partial charge is 0.232 e. The molecule has 138 valence electrons. The number of oxazole rings is 1. The number of aromatic nitrogens is 1. The van der Waals surface area contributed by atoms with Crippen molar-refractivity contribution >= 4 is 30.1 Å². The second kappa shape index (κ2) is 9.85. The van der Waals surface area contributed by atoms with Crippen LogP contribution in [0.3, 0.4) is 0 Å². The summed E-state index contributed by atoms with van der Waals surface area (Å²) in [7, 11) is 1.82. The van der Waals surface area contributed by atoms with Gasteiger partial charge in [0.25, 0.3) is 0 Å². The number of carbonyl (C=O) groups excluding carboxylic acids is 1. The summed E-state index contributed by atoms with van der Waals surface area (Å²) in [6, 6.07) is 9.77. The fourth-order valence-corrected chi connectivity index (χ4v) is 3.07. The summed E-state index contributed by atoms with van der Waals surface area (Å²) in [6.45, 7) is 5.33. The lowest BCUT2D eigenvalue weighted by Crippen LogP contribution is -2.40. The van der Waals surface area contributed by atoms with E-state index in [1.807, 2.05) is 37.4 Å². The van der Waals surface area contributed by atoms with Crippen molar-refractivity contribution in [3.8, 4) is 11.5 Å². The lowest BCUT2D eigenvalue weighted by Gasteiger charge is -2.29. The fraction of sp³-hybridized carbons (Fsp3) is 0.444. The third-order valence-corrected chi connectivity index (χ3v) is 4.64. The van der Waals surface area contributed by atoms with Crippen LogP contribution in [0.25, 0.3) is 11.5 Å². The Morgan fingerprint density at radius 1 is 1.32 bits per heavy atom. The molecule has 1 amide bonds. The number of nitrogens with zero attached hydrogens (tertiary/aromatic N) is 2. The summed E-state index contributed by atoms with van der Waals surface area (Å²) in [5.41, 5.74) is 7.45. The van der Waals surface area contributed by atoms with Crippen molar-refractivity contribution in [3.63, 3.8) is 0 Å². The average Bonchev–Trinajstić information content (AvgIpc) is 3.04. The van der Waals surface area contributed by atoms with Crippen molar-refractivity contribution in [1.82, 2.24) is 9.88 Å². The molecule has 0 radical (unpaired) electrons. The van der Waals surface area contributed by atoms with Crippen molar-refractivity contribution in [2.45, 2.75) is 19.6 Å². The first kappa shape index (κ1) is 21.5. The van der Waals surface area contributed by atoms with Crippen molar-refractivity contribution in [2.24, 2.45) is 11.1 Å². The highest BCUT2D eigenvalue weighted by atomic mass is 35.5. The largest absolute Gasteiger partial charge is 0.444 e. The molecule has 1 aromatic heterocycles. The molecule has 0 atom stereocenters. The number of hydrogen-bond donors (Lipinski definition) is 1. The van der Waals surface area contributed by atoms with Gasteiger partial charge < -0.3 is 15.1 Å². The molecule has 0 aliphatic carbocycles. The number of thioether (sulfide) groups is 1. The van der Waals surface area contributed by atoms with Gasteiger partial charge in [-0.15, -0.1) is 24.2 Å². The molecule has 0 aliphatic heterocycles. The Morgan fingerprint density at radius 3 is 2.64 bits per heavy atom. The zero-order chi connectivity index (χ0) is 17.6. The number of hydrogen-bond acceptors (Lipinski definition) is 5. The second-order valence-electron chi connectivity index (χ2n) is 6.62. The molecule has 1 heterocycles. The zero-order valence-electron chi connectivity index (χ0n) is 14.9. The van der Waals surface area contributed by atoms with Crippen LogP contribution in [0.15, 0.2) is 41.0 Å². The minimum Gasteiger partial charge on any atom is -0.444 e. The third kappa shape index (κ3) is 6.72. The summed E-state index contributed by atoms with van der Waals surface area (Å²) in [6.07, 6.45) is 1.65. The van der Waals surface area contributed by atoms with Crippen LogP contribution in [0.1, 0.15) is 19.5 Å². The van der Waals surface area contributed by atoms with Crippen LogP contribution >= 0.6 is 24.2 Å². The number of carbonyl (C=O) groups is 1. The van der Waals surface area contributed by atoms with Crippen molar-refractivity contribution < 1.29 is 9.21 Å². The van der Waals surface area contributed by atoms with Gasteiger partial charge in [0.2, 0.25) is 11.8 Å². The summed E-state index contributed by atoms with van der Waals surface area (Å²) in [5.74, 6) is 1.79. The topological polar surface area (TPSA) is 72.4 Å². The number of rotatable bonds is 8. The molecule has 25 heavy (non-hydrogen) atoms. The molecule has 0 unspecified atom stereocenters. The van der Waals surface area contributed by atoms with E-state index >= 15 is 0 Å². The standard InChI is InChI=1S/C18H25N3O2S.ClH/c1-18(2,12-19)13-21(3)16(22)11-24-10-15-9-23-17(20-15)14-7-5-4-6-8-14;/h4-9H,10-13,19H2,1-3H3;1H. The van der Waals surface area contributed by atoms with E-state index < -0.39 is 0 Å². The van der Waals surface area contributed by atoms with Gasteiger partial charge in [0, 0.05) is 24.9 Å². The monoisotopic (exact) mass is 383 g/mol. The normalized spacial score (nSPS) is 11.0. The van der Waals surface area contributed by atoms with E-state index in [0.717, 1.165) is 11.3 Å². The molecule has 2 aromatic rings. The Kier molecular flexibility index (Phi) is 8.48. The van der Waals surface area contributed by atoms with E-state index in [2.05, 4.69) is 18.8 Å². The van der Waals surface area contributed by atoms with Crippen LogP contribution in [-0.2, 0) is 10.5 Å². The molecule has 7 heteroatoms. The summed E-state index contributed by atoms with van der Waals surface area (Å²) in [4.78, 5) is 18.4. The molecular weight excluding hydrogens is 358 g/mol. The maximum Gasteiger partial charge on any atom is 0.232 e. The number of nitrogens with two attached hydrogens (primary N) is 1. The van der Waals surface area contributed by atoms with Gasteiger partial charge >= 0.3 is 0 Å². The lowest BCUT2D eigenvalue weighted by molar-refractivity contribution is -0.128. The molecule has 1 aromatic carbocycles. The first-order valence-corrected chi connectivity index (χ1v) is 9.08. The minimum atomic E-state index is -0.0637. The first-order chi connectivity index (χ1) is 11.4. The maximum atomic E-state index is 12.2. The Bertz CT molecular complexity index is 661. The molecule has 5 nitrogen and oxygen atoms in total. The van der Waals surface area contributed by atoms with Crippen molar-refractivity contribution in [2.75, 3.05) is 25.9 Å². The zero-order valence-corrected chi connectivity index (χ0v) is 16.5. The number of benzene rings is 1. The number of amides is 1. The molecular formula is C18H26ClN3O2S. The van der Waals surface area contributed by atoms with Gasteiger partial charge in [0.05, 0.1) is 11.4 Å². The number of halogens is 1. The molecule has 0 saturated carbocycles. The molecule has 0 saturated heterocycles. The van der Waals surface area contributed by atoms with Gasteiger partial charge in [-0.3, -0.25) is 4.79 Å². The Hall–Kier alpha value is -1.50. The van der Waals surface area contributed by atoms with Crippen LogP contribution in [0.5, 0.6) is 0 Å². The van der Waals surface area contributed by atoms with Gasteiger partial charge in [-0.2, -0.15) is 0 Å². The van der Waals surface area contributed by atoms with Gasteiger partial charge in [-0.05, 0) is 24.1 Å². The van der Waals surface area contributed by atoms with Gasteiger partial charge in [-0.25, -0.2) is 4.98 Å². The van der Waals surface area contributed by atoms with Crippen LogP contribution in [-0.4, -0.2) is 41.7 Å². The summed E-state index contributed by atoms with van der Waals surface area (Å²) < 4.78 is 5.50. The van der Waals surface area contributed by atoms with E-state index in [1.165, 1.54) is 11.8 Å². The van der Waals surface area contributed by atoms with E-state index in [0.29, 0.717) is 30.5 Å². The maximum absolute atomic E-state index is 12.2. The molecule has 0 fully saturated rings. The Morgan fingerprint density at radius 2 is 2.00 bits per heavy atom. The van der Waals surface area contributed by atoms with Crippen molar-refractivity contribution in [1.29, 1.82) is 0 Å². The fourth-order valence-electron chi connectivity index (χ4n) is 2.23. The lowest BCUT2D eigenvalue weighted by atomic mass is 9.93. The second-order valence-corrected chi connectivity index (χ2v) is 7.61. The molecule has 0 aliphatic rings.